The van der Waals surface area contributed by atoms with Gasteiger partial charge in [0.25, 0.3) is 0 Å². The van der Waals surface area contributed by atoms with Crippen LogP contribution in [0, 0.1) is 5.82 Å². The van der Waals surface area contributed by atoms with Crippen molar-refractivity contribution in [2.24, 2.45) is 0 Å². The Morgan fingerprint density at radius 3 is 2.54 bits per heavy atom. The Labute approximate surface area is 163 Å². The molecule has 0 unspecified atom stereocenters. The van der Waals surface area contributed by atoms with E-state index in [2.05, 4.69) is 9.88 Å². The molecule has 28 heavy (non-hydrogen) atoms. The van der Waals surface area contributed by atoms with Crippen molar-refractivity contribution in [1.82, 2.24) is 9.88 Å². The van der Waals surface area contributed by atoms with Crippen LogP contribution in [0.1, 0.15) is 24.1 Å². The first kappa shape index (κ1) is 18.5. The summed E-state index contributed by atoms with van der Waals surface area (Å²) in [6, 6.07) is 12.5. The monoisotopic (exact) mass is 382 g/mol. The molecule has 1 aliphatic rings. The summed E-state index contributed by atoms with van der Waals surface area (Å²) in [7, 11) is 3.34. The Morgan fingerprint density at radius 2 is 1.86 bits per heavy atom. The molecule has 0 N–H and O–H groups in total. The lowest BCUT2D eigenvalue weighted by atomic mass is 10.1. The summed E-state index contributed by atoms with van der Waals surface area (Å²) in [5.41, 5.74) is 2.70. The molecule has 0 radical (unpaired) electrons. The van der Waals surface area contributed by atoms with Crippen molar-refractivity contribution in [3.05, 3.63) is 65.8 Å². The maximum Gasteiger partial charge on any atom is 0.226 e. The van der Waals surface area contributed by atoms with E-state index in [4.69, 9.17) is 13.9 Å². The van der Waals surface area contributed by atoms with Gasteiger partial charge in [-0.15, -0.1) is 0 Å². The fourth-order valence-electron chi connectivity index (χ4n) is 3.29. The SMILES string of the molecule is COc1ccc(OC)c(CN(Cc2coc(-c3ccc(F)cc3)n2)C2CC2)c1. The molecular formula is C22H23FN2O3. The van der Waals surface area contributed by atoms with Crippen LogP contribution in [-0.2, 0) is 13.1 Å². The maximum atomic E-state index is 13.1. The molecule has 0 aliphatic heterocycles. The van der Waals surface area contributed by atoms with Crippen LogP contribution in [0.2, 0.25) is 0 Å². The molecule has 4 rings (SSSR count). The Morgan fingerprint density at radius 1 is 1.07 bits per heavy atom. The highest BCUT2D eigenvalue weighted by Crippen LogP contribution is 2.33. The molecule has 0 amide bonds. The standard InChI is InChI=1S/C22H23FN2O3/c1-26-20-9-10-21(27-2)16(11-20)12-25(19-7-8-19)13-18-14-28-22(24-18)15-3-5-17(23)6-4-15/h3-6,9-11,14,19H,7-8,12-13H2,1-2H3. The number of ether oxygens (including phenoxy) is 2. The maximum absolute atomic E-state index is 13.1. The van der Waals surface area contributed by atoms with Crippen molar-refractivity contribution in [2.75, 3.05) is 14.2 Å². The van der Waals surface area contributed by atoms with E-state index in [0.717, 1.165) is 34.9 Å². The number of hydrogen-bond acceptors (Lipinski definition) is 5. The second-order valence-corrected chi connectivity index (χ2v) is 6.96. The molecule has 6 heteroatoms. The number of oxazole rings is 1. The Kier molecular flexibility index (Phi) is 5.30. The first-order valence-electron chi connectivity index (χ1n) is 9.31. The molecule has 5 nitrogen and oxygen atoms in total. The largest absolute Gasteiger partial charge is 0.497 e. The van der Waals surface area contributed by atoms with Crippen LogP contribution in [-0.4, -0.2) is 30.1 Å². The molecule has 2 aromatic carbocycles. The van der Waals surface area contributed by atoms with E-state index in [1.165, 1.54) is 25.0 Å². The van der Waals surface area contributed by atoms with Gasteiger partial charge in [0.05, 0.1) is 19.9 Å². The number of hydrogen-bond donors (Lipinski definition) is 0. The third kappa shape index (κ3) is 4.17. The van der Waals surface area contributed by atoms with E-state index in [0.29, 0.717) is 18.5 Å². The zero-order valence-electron chi connectivity index (χ0n) is 16.0. The summed E-state index contributed by atoms with van der Waals surface area (Å²) >= 11 is 0. The number of halogens is 1. The molecule has 1 aliphatic carbocycles. The summed E-state index contributed by atoms with van der Waals surface area (Å²) in [6.07, 6.45) is 4.03. The van der Waals surface area contributed by atoms with Gasteiger partial charge in [-0.2, -0.15) is 0 Å². The van der Waals surface area contributed by atoms with E-state index >= 15 is 0 Å². The van der Waals surface area contributed by atoms with Crippen LogP contribution < -0.4 is 9.47 Å². The highest BCUT2D eigenvalue weighted by molar-refractivity contribution is 5.52. The summed E-state index contributed by atoms with van der Waals surface area (Å²) in [5.74, 6) is 1.89. The summed E-state index contributed by atoms with van der Waals surface area (Å²) in [5, 5.41) is 0. The van der Waals surface area contributed by atoms with Gasteiger partial charge in [-0.1, -0.05) is 0 Å². The van der Waals surface area contributed by atoms with Crippen LogP contribution in [0.4, 0.5) is 4.39 Å². The van der Waals surface area contributed by atoms with Gasteiger partial charge in [-0.3, -0.25) is 4.90 Å². The van der Waals surface area contributed by atoms with Crippen molar-refractivity contribution in [1.29, 1.82) is 0 Å². The Bertz CT molecular complexity index is 935. The van der Waals surface area contributed by atoms with E-state index in [-0.39, 0.29) is 5.82 Å². The van der Waals surface area contributed by atoms with Crippen molar-refractivity contribution < 1.29 is 18.3 Å². The van der Waals surface area contributed by atoms with E-state index in [9.17, 15) is 4.39 Å². The van der Waals surface area contributed by atoms with Gasteiger partial charge in [0.2, 0.25) is 5.89 Å². The van der Waals surface area contributed by atoms with Crippen molar-refractivity contribution in [2.45, 2.75) is 32.0 Å². The number of methoxy groups -OCH3 is 2. The fraction of sp³-hybridized carbons (Fsp3) is 0.318. The quantitative estimate of drug-likeness (QED) is 0.567. The number of nitrogens with zero attached hydrogens (tertiary/aromatic N) is 2. The predicted octanol–water partition coefficient (Wildman–Crippen LogP) is 4.66. The molecule has 3 aromatic rings. The van der Waals surface area contributed by atoms with Gasteiger partial charge in [-0.05, 0) is 55.3 Å². The van der Waals surface area contributed by atoms with Crippen LogP contribution in [0.5, 0.6) is 11.5 Å². The molecule has 1 heterocycles. The van der Waals surface area contributed by atoms with Crippen molar-refractivity contribution in [3.63, 3.8) is 0 Å². The Balaban J connectivity index is 1.52. The summed E-state index contributed by atoms with van der Waals surface area (Å²) < 4.78 is 29.6. The average Bonchev–Trinajstić information content (AvgIpc) is 3.47. The summed E-state index contributed by atoms with van der Waals surface area (Å²) in [4.78, 5) is 6.97. The molecule has 1 fully saturated rings. The molecule has 0 atom stereocenters. The van der Waals surface area contributed by atoms with Gasteiger partial charge < -0.3 is 13.9 Å². The predicted molar refractivity (Wildman–Crippen MR) is 104 cm³/mol. The van der Waals surface area contributed by atoms with Gasteiger partial charge in [0.15, 0.2) is 0 Å². The van der Waals surface area contributed by atoms with E-state index < -0.39 is 0 Å². The number of rotatable bonds is 8. The minimum Gasteiger partial charge on any atom is -0.497 e. The molecule has 1 saturated carbocycles. The van der Waals surface area contributed by atoms with E-state index in [1.54, 1.807) is 32.6 Å². The van der Waals surface area contributed by atoms with Crippen molar-refractivity contribution >= 4 is 0 Å². The van der Waals surface area contributed by atoms with Gasteiger partial charge in [0, 0.05) is 30.3 Å². The lowest BCUT2D eigenvalue weighted by Crippen LogP contribution is -2.25. The lowest BCUT2D eigenvalue weighted by molar-refractivity contribution is 0.238. The first-order valence-corrected chi connectivity index (χ1v) is 9.31. The minimum absolute atomic E-state index is 0.275. The van der Waals surface area contributed by atoms with Gasteiger partial charge in [-0.25, -0.2) is 9.37 Å². The summed E-state index contributed by atoms with van der Waals surface area (Å²) in [6.45, 7) is 1.42. The second-order valence-electron chi connectivity index (χ2n) is 6.96. The normalized spacial score (nSPS) is 13.7. The second kappa shape index (κ2) is 8.02. The highest BCUT2D eigenvalue weighted by Gasteiger charge is 2.30. The molecule has 0 spiro atoms. The zero-order chi connectivity index (χ0) is 19.5. The van der Waals surface area contributed by atoms with Crippen LogP contribution in [0.25, 0.3) is 11.5 Å². The molecule has 146 valence electrons. The lowest BCUT2D eigenvalue weighted by Gasteiger charge is -2.22. The van der Waals surface area contributed by atoms with Crippen LogP contribution in [0.15, 0.2) is 53.1 Å². The Hall–Kier alpha value is -2.86. The number of benzene rings is 2. The molecule has 0 saturated heterocycles. The first-order chi connectivity index (χ1) is 13.7. The topological polar surface area (TPSA) is 47.7 Å². The van der Waals surface area contributed by atoms with Gasteiger partial charge in [0.1, 0.15) is 23.6 Å². The van der Waals surface area contributed by atoms with Crippen LogP contribution in [0.3, 0.4) is 0 Å². The number of aromatic nitrogens is 1. The van der Waals surface area contributed by atoms with Gasteiger partial charge >= 0.3 is 0 Å². The molecule has 0 bridgehead atoms. The van der Waals surface area contributed by atoms with Crippen molar-refractivity contribution in [3.8, 4) is 23.0 Å². The third-order valence-electron chi connectivity index (χ3n) is 4.93. The zero-order valence-corrected chi connectivity index (χ0v) is 16.0. The molecular weight excluding hydrogens is 359 g/mol. The van der Waals surface area contributed by atoms with Crippen LogP contribution >= 0.6 is 0 Å². The average molecular weight is 382 g/mol. The minimum atomic E-state index is -0.275. The molecule has 1 aromatic heterocycles. The highest BCUT2D eigenvalue weighted by atomic mass is 19.1. The smallest absolute Gasteiger partial charge is 0.226 e. The fourth-order valence-corrected chi connectivity index (χ4v) is 3.29. The third-order valence-corrected chi connectivity index (χ3v) is 4.93. The van der Waals surface area contributed by atoms with E-state index in [1.807, 2.05) is 18.2 Å².